The SMILES string of the molecule is CNC(=O)C(CCC=O)N1C(=O)c2ccc(N3CC(N4CCC(c5ccc(Nc6nc(N7CCCC(N8CCN(C9CCCC9)C8=O)C7)cnc6C(N)=O)cc5)CC4)C3)cc2C1=O. The van der Waals surface area contributed by atoms with Gasteiger partial charge in [-0.25, -0.2) is 14.8 Å². The molecule has 6 heterocycles. The van der Waals surface area contributed by atoms with E-state index in [2.05, 4.69) is 52.2 Å². The van der Waals surface area contributed by atoms with Crippen molar-refractivity contribution in [3.8, 4) is 0 Å². The average molecular weight is 860 g/mol. The number of piperidine rings is 2. The van der Waals surface area contributed by atoms with Crippen molar-refractivity contribution in [1.82, 2.24) is 34.9 Å². The summed E-state index contributed by atoms with van der Waals surface area (Å²) in [6.45, 7) is 6.54. The van der Waals surface area contributed by atoms with Crippen molar-refractivity contribution in [2.45, 2.75) is 94.3 Å². The lowest BCUT2D eigenvalue weighted by Gasteiger charge is -2.48. The number of amides is 6. The van der Waals surface area contributed by atoms with Crippen LogP contribution in [-0.2, 0) is 9.59 Å². The third-order valence-electron chi connectivity index (χ3n) is 14.2. The predicted octanol–water partition coefficient (Wildman–Crippen LogP) is 3.73. The molecule has 1 saturated carbocycles. The van der Waals surface area contributed by atoms with Crippen molar-refractivity contribution < 1.29 is 28.8 Å². The molecule has 2 atom stereocenters. The second-order valence-electron chi connectivity index (χ2n) is 17.8. The molecule has 1 aliphatic carbocycles. The summed E-state index contributed by atoms with van der Waals surface area (Å²) in [7, 11) is 1.44. The maximum absolute atomic E-state index is 13.5. The number of urea groups is 1. The molecule has 5 aliphatic heterocycles. The van der Waals surface area contributed by atoms with E-state index in [1.807, 2.05) is 18.2 Å². The van der Waals surface area contributed by atoms with E-state index >= 15 is 0 Å². The first-order chi connectivity index (χ1) is 30.6. The fourth-order valence-electron chi connectivity index (χ4n) is 10.6. The van der Waals surface area contributed by atoms with Crippen LogP contribution in [0.3, 0.4) is 0 Å². The van der Waals surface area contributed by atoms with Crippen LogP contribution in [0.4, 0.5) is 27.8 Å². The number of aromatic nitrogens is 2. The fraction of sp³-hybridized carbons (Fsp3) is 0.522. The highest BCUT2D eigenvalue weighted by molar-refractivity contribution is 6.23. The number of likely N-dealkylation sites (tertiary alicyclic amines) is 1. The molecular formula is C46H57N11O6. The maximum Gasteiger partial charge on any atom is 0.320 e. The lowest BCUT2D eigenvalue weighted by atomic mass is 9.88. The summed E-state index contributed by atoms with van der Waals surface area (Å²) in [4.78, 5) is 97.6. The number of carbonyl (C=O) groups excluding carboxylic acids is 6. The second kappa shape index (κ2) is 17.9. The van der Waals surface area contributed by atoms with Crippen LogP contribution in [-0.4, -0.2) is 149 Å². The number of benzene rings is 2. The zero-order valence-electron chi connectivity index (χ0n) is 35.9. The molecule has 0 bridgehead atoms. The minimum atomic E-state index is -1.04. The number of anilines is 4. The Hall–Kier alpha value is -6.10. The number of hydrogen-bond acceptors (Lipinski definition) is 12. The highest BCUT2D eigenvalue weighted by Crippen LogP contribution is 2.36. The van der Waals surface area contributed by atoms with Gasteiger partial charge in [-0.2, -0.15) is 0 Å². The predicted molar refractivity (Wildman–Crippen MR) is 236 cm³/mol. The van der Waals surface area contributed by atoms with Gasteiger partial charge in [-0.05, 0) is 99.8 Å². The summed E-state index contributed by atoms with van der Waals surface area (Å²) < 4.78 is 0. The van der Waals surface area contributed by atoms with Crippen LogP contribution in [0.1, 0.15) is 107 Å². The first-order valence-corrected chi connectivity index (χ1v) is 22.6. The highest BCUT2D eigenvalue weighted by Gasteiger charge is 2.44. The Morgan fingerprint density at radius 1 is 0.810 bits per heavy atom. The number of nitrogens with one attached hydrogen (secondary N) is 2. The van der Waals surface area contributed by atoms with E-state index in [0.29, 0.717) is 42.5 Å². The van der Waals surface area contributed by atoms with E-state index in [1.165, 1.54) is 25.5 Å². The number of nitrogens with zero attached hydrogens (tertiary/aromatic N) is 8. The van der Waals surface area contributed by atoms with E-state index in [4.69, 9.17) is 10.7 Å². The summed E-state index contributed by atoms with van der Waals surface area (Å²) in [5.74, 6) is -0.800. The number of fused-ring (bicyclic) bond motifs is 1. The van der Waals surface area contributed by atoms with Crippen LogP contribution in [0.25, 0.3) is 0 Å². The number of carbonyl (C=O) groups is 6. The van der Waals surface area contributed by atoms with Gasteiger partial charge in [0.05, 0.1) is 23.4 Å². The summed E-state index contributed by atoms with van der Waals surface area (Å²) in [5.41, 5.74) is 9.29. The normalized spacial score (nSPS) is 21.8. The Morgan fingerprint density at radius 2 is 1.49 bits per heavy atom. The molecule has 332 valence electrons. The molecule has 1 aromatic heterocycles. The van der Waals surface area contributed by atoms with Gasteiger partial charge in [0.2, 0.25) is 5.91 Å². The largest absolute Gasteiger partial charge is 0.368 e. The molecule has 2 aromatic carbocycles. The molecule has 63 heavy (non-hydrogen) atoms. The Bertz CT molecular complexity index is 2250. The van der Waals surface area contributed by atoms with Gasteiger partial charge in [0.25, 0.3) is 17.7 Å². The first kappa shape index (κ1) is 42.2. The summed E-state index contributed by atoms with van der Waals surface area (Å²) in [6, 6.07) is 13.5. The maximum atomic E-state index is 13.5. The van der Waals surface area contributed by atoms with Crippen LogP contribution in [0.2, 0.25) is 0 Å². The van der Waals surface area contributed by atoms with Crippen LogP contribution >= 0.6 is 0 Å². The number of hydrogen-bond donors (Lipinski definition) is 3. The lowest BCUT2D eigenvalue weighted by Crippen LogP contribution is -2.60. The van der Waals surface area contributed by atoms with Gasteiger partial charge in [-0.15, -0.1) is 0 Å². The van der Waals surface area contributed by atoms with Crippen molar-refractivity contribution in [3.05, 3.63) is 71.0 Å². The number of likely N-dealkylation sites (N-methyl/N-ethyl adjacent to an activating group) is 1. The van der Waals surface area contributed by atoms with E-state index in [1.54, 1.807) is 18.3 Å². The second-order valence-corrected chi connectivity index (χ2v) is 17.8. The van der Waals surface area contributed by atoms with Gasteiger partial charge in [0, 0.05) is 76.2 Å². The van der Waals surface area contributed by atoms with Crippen molar-refractivity contribution >= 4 is 59.0 Å². The molecule has 6 amide bonds. The molecule has 0 radical (unpaired) electrons. The summed E-state index contributed by atoms with van der Waals surface area (Å²) >= 11 is 0. The molecule has 2 unspecified atom stereocenters. The lowest BCUT2D eigenvalue weighted by molar-refractivity contribution is -0.124. The van der Waals surface area contributed by atoms with E-state index in [0.717, 1.165) is 101 Å². The summed E-state index contributed by atoms with van der Waals surface area (Å²) in [6.07, 6.45) is 10.9. The van der Waals surface area contributed by atoms with Crippen molar-refractivity contribution in [2.75, 3.05) is 74.5 Å². The molecule has 9 rings (SSSR count). The number of primary amides is 1. The Kier molecular flexibility index (Phi) is 12.0. The number of aldehydes is 1. The Balaban J connectivity index is 0.777. The van der Waals surface area contributed by atoms with Crippen molar-refractivity contribution in [3.63, 3.8) is 0 Å². The zero-order valence-corrected chi connectivity index (χ0v) is 35.9. The molecular weight excluding hydrogens is 803 g/mol. The van der Waals surface area contributed by atoms with E-state index < -0.39 is 29.7 Å². The van der Waals surface area contributed by atoms with Crippen LogP contribution in [0.15, 0.2) is 48.7 Å². The number of rotatable bonds is 14. The van der Waals surface area contributed by atoms with Crippen LogP contribution in [0.5, 0.6) is 0 Å². The van der Waals surface area contributed by atoms with Crippen LogP contribution < -0.4 is 26.2 Å². The van der Waals surface area contributed by atoms with Gasteiger partial charge in [-0.1, -0.05) is 25.0 Å². The molecule has 17 nitrogen and oxygen atoms in total. The molecule has 5 fully saturated rings. The minimum absolute atomic E-state index is 0.0597. The monoisotopic (exact) mass is 859 g/mol. The van der Waals surface area contributed by atoms with E-state index in [9.17, 15) is 28.8 Å². The molecule has 3 aromatic rings. The van der Waals surface area contributed by atoms with E-state index in [-0.39, 0.29) is 41.7 Å². The average Bonchev–Trinajstić information content (AvgIpc) is 4.02. The first-order valence-electron chi connectivity index (χ1n) is 22.6. The van der Waals surface area contributed by atoms with Crippen molar-refractivity contribution in [1.29, 1.82) is 0 Å². The minimum Gasteiger partial charge on any atom is -0.368 e. The molecule has 6 aliphatic rings. The summed E-state index contributed by atoms with van der Waals surface area (Å²) in [5, 5.41) is 5.83. The molecule has 0 spiro atoms. The van der Waals surface area contributed by atoms with Gasteiger partial charge in [-0.3, -0.25) is 29.0 Å². The third kappa shape index (κ3) is 8.30. The third-order valence-corrected chi connectivity index (χ3v) is 14.2. The molecule has 17 heteroatoms. The Morgan fingerprint density at radius 3 is 2.19 bits per heavy atom. The molecule has 4 N–H and O–H groups in total. The standard InChI is InChI=1S/C46H57N11O6/c1-48-43(60)38(9-5-23-58)57-44(61)36-15-14-33(24-37(36)45(57)62)54-27-35(28-54)52-19-16-30(17-20-52)29-10-12-31(13-11-29)50-42-40(41(47)59)49-25-39(51-42)53-18-4-8-34(26-53)56-22-21-55(46(56)63)32-6-2-3-7-32/h10-15,23-25,30,32,34-35,38H,2-9,16-22,26-28H2,1H3,(H2,47,59)(H,48,60)(H,50,51). The van der Waals surface area contributed by atoms with Crippen molar-refractivity contribution in [2.24, 2.45) is 5.73 Å². The number of nitrogens with two attached hydrogens (primary N) is 1. The van der Waals surface area contributed by atoms with Gasteiger partial charge in [0.1, 0.15) is 18.1 Å². The van der Waals surface area contributed by atoms with Gasteiger partial charge in [0.15, 0.2) is 11.5 Å². The quantitative estimate of drug-likeness (QED) is 0.157. The molecule has 4 saturated heterocycles. The Labute approximate surface area is 367 Å². The smallest absolute Gasteiger partial charge is 0.320 e. The highest BCUT2D eigenvalue weighted by atomic mass is 16.2. The van der Waals surface area contributed by atoms with Gasteiger partial charge >= 0.3 is 6.03 Å². The van der Waals surface area contributed by atoms with Crippen LogP contribution in [0, 0.1) is 0 Å². The topological polar surface area (TPSA) is 198 Å². The number of imide groups is 1. The van der Waals surface area contributed by atoms with Gasteiger partial charge < -0.3 is 40.8 Å². The fourth-order valence-corrected chi connectivity index (χ4v) is 10.6. The zero-order chi connectivity index (χ0) is 43.8.